The molecule has 0 saturated carbocycles. The molecule has 1 aliphatic rings. The van der Waals surface area contributed by atoms with Gasteiger partial charge in [0.1, 0.15) is 0 Å². The van der Waals surface area contributed by atoms with Crippen LogP contribution in [-0.4, -0.2) is 60.4 Å². The standard InChI is InChI=1S/C13H17N3O5S/c1-2-22(20,21)15-9-7-14(8-10-15)13(17)11-3-5-12(6-4-11)16(18)19/h3-6H,2,7-10H2,1H3. The van der Waals surface area contributed by atoms with Gasteiger partial charge in [-0.3, -0.25) is 14.9 Å². The number of nitro groups is 1. The molecule has 1 aromatic rings. The normalized spacial score (nSPS) is 16.5. The number of sulfonamides is 1. The van der Waals surface area contributed by atoms with Crippen LogP contribution in [0.4, 0.5) is 5.69 Å². The Hall–Kier alpha value is -2.00. The van der Waals surface area contributed by atoms with Crippen molar-refractivity contribution in [3.63, 3.8) is 0 Å². The van der Waals surface area contributed by atoms with Gasteiger partial charge in [-0.1, -0.05) is 0 Å². The maximum atomic E-state index is 12.3. The van der Waals surface area contributed by atoms with Gasteiger partial charge in [0.25, 0.3) is 11.6 Å². The lowest BCUT2D eigenvalue weighted by Crippen LogP contribution is -2.50. The summed E-state index contributed by atoms with van der Waals surface area (Å²) in [6.45, 7) is 2.76. The molecule has 1 heterocycles. The van der Waals surface area contributed by atoms with Gasteiger partial charge in [-0.15, -0.1) is 0 Å². The van der Waals surface area contributed by atoms with Crippen LogP contribution in [0.15, 0.2) is 24.3 Å². The quantitative estimate of drug-likeness (QED) is 0.598. The van der Waals surface area contributed by atoms with Crippen molar-refractivity contribution in [2.75, 3.05) is 31.9 Å². The Morgan fingerprint density at radius 2 is 1.73 bits per heavy atom. The highest BCUT2D eigenvalue weighted by molar-refractivity contribution is 7.89. The van der Waals surface area contributed by atoms with E-state index in [2.05, 4.69) is 0 Å². The molecule has 22 heavy (non-hydrogen) atoms. The number of carbonyl (C=O) groups excluding carboxylic acids is 1. The third kappa shape index (κ3) is 3.42. The van der Waals surface area contributed by atoms with Crippen molar-refractivity contribution < 1.29 is 18.1 Å². The average Bonchev–Trinajstić information content (AvgIpc) is 2.54. The monoisotopic (exact) mass is 327 g/mol. The van der Waals surface area contributed by atoms with E-state index in [1.165, 1.54) is 28.6 Å². The van der Waals surface area contributed by atoms with Crippen LogP contribution in [-0.2, 0) is 10.0 Å². The Morgan fingerprint density at radius 1 is 1.18 bits per heavy atom. The van der Waals surface area contributed by atoms with Crippen LogP contribution in [0, 0.1) is 10.1 Å². The van der Waals surface area contributed by atoms with Crippen LogP contribution in [0.3, 0.4) is 0 Å². The lowest BCUT2D eigenvalue weighted by molar-refractivity contribution is -0.384. The first-order valence-corrected chi connectivity index (χ1v) is 8.47. The van der Waals surface area contributed by atoms with Gasteiger partial charge in [0.05, 0.1) is 10.7 Å². The van der Waals surface area contributed by atoms with Crippen molar-refractivity contribution in [3.05, 3.63) is 39.9 Å². The fraction of sp³-hybridized carbons (Fsp3) is 0.462. The smallest absolute Gasteiger partial charge is 0.269 e. The summed E-state index contributed by atoms with van der Waals surface area (Å²) >= 11 is 0. The van der Waals surface area contributed by atoms with Gasteiger partial charge in [0.15, 0.2) is 0 Å². The molecule has 1 fully saturated rings. The molecule has 0 spiro atoms. The Labute approximate surface area is 128 Å². The van der Waals surface area contributed by atoms with E-state index in [0.29, 0.717) is 18.7 Å². The topological polar surface area (TPSA) is 101 Å². The minimum absolute atomic E-state index is 0.0449. The van der Waals surface area contributed by atoms with Crippen molar-refractivity contribution in [3.8, 4) is 0 Å². The van der Waals surface area contributed by atoms with E-state index < -0.39 is 14.9 Å². The molecule has 0 N–H and O–H groups in total. The molecule has 0 radical (unpaired) electrons. The van der Waals surface area contributed by atoms with E-state index >= 15 is 0 Å². The van der Waals surface area contributed by atoms with Gasteiger partial charge in [0, 0.05) is 43.9 Å². The van der Waals surface area contributed by atoms with E-state index in [0.717, 1.165) is 0 Å². The predicted molar refractivity (Wildman–Crippen MR) is 80.0 cm³/mol. The Bertz CT molecular complexity index is 663. The minimum Gasteiger partial charge on any atom is -0.336 e. The molecule has 0 aromatic heterocycles. The van der Waals surface area contributed by atoms with Crippen LogP contribution in [0.2, 0.25) is 0 Å². The summed E-state index contributed by atoms with van der Waals surface area (Å²) in [4.78, 5) is 23.9. The van der Waals surface area contributed by atoms with E-state index in [9.17, 15) is 23.3 Å². The highest BCUT2D eigenvalue weighted by Gasteiger charge is 2.28. The highest BCUT2D eigenvalue weighted by Crippen LogP contribution is 2.15. The second kappa shape index (κ2) is 6.41. The van der Waals surface area contributed by atoms with Crippen LogP contribution in [0.25, 0.3) is 0 Å². The zero-order valence-electron chi connectivity index (χ0n) is 12.1. The molecular formula is C13H17N3O5S. The van der Waals surface area contributed by atoms with Crippen molar-refractivity contribution in [1.82, 2.24) is 9.21 Å². The first kappa shape index (κ1) is 16.4. The molecule has 1 amide bonds. The molecule has 8 nitrogen and oxygen atoms in total. The number of hydrogen-bond acceptors (Lipinski definition) is 5. The van der Waals surface area contributed by atoms with Gasteiger partial charge in [0.2, 0.25) is 10.0 Å². The molecule has 0 bridgehead atoms. The van der Waals surface area contributed by atoms with E-state index in [-0.39, 0.29) is 30.4 Å². The van der Waals surface area contributed by atoms with Crippen LogP contribution in [0.5, 0.6) is 0 Å². The number of rotatable bonds is 4. The van der Waals surface area contributed by atoms with Crippen molar-refractivity contribution in [2.45, 2.75) is 6.92 Å². The first-order valence-electron chi connectivity index (χ1n) is 6.86. The fourth-order valence-electron chi connectivity index (χ4n) is 2.26. The van der Waals surface area contributed by atoms with Crippen LogP contribution < -0.4 is 0 Å². The number of carbonyl (C=O) groups is 1. The number of amides is 1. The zero-order chi connectivity index (χ0) is 16.3. The maximum Gasteiger partial charge on any atom is 0.269 e. The summed E-state index contributed by atoms with van der Waals surface area (Å²) in [5, 5.41) is 10.6. The summed E-state index contributed by atoms with van der Waals surface area (Å²) in [5.41, 5.74) is 0.285. The second-order valence-corrected chi connectivity index (χ2v) is 7.15. The molecule has 120 valence electrons. The second-order valence-electron chi connectivity index (χ2n) is 4.90. The summed E-state index contributed by atoms with van der Waals surface area (Å²) in [7, 11) is -3.23. The minimum atomic E-state index is -3.23. The van der Waals surface area contributed by atoms with Crippen LogP contribution >= 0.6 is 0 Å². The van der Waals surface area contributed by atoms with Crippen molar-refractivity contribution in [2.24, 2.45) is 0 Å². The lowest BCUT2D eigenvalue weighted by atomic mass is 10.1. The molecule has 0 atom stereocenters. The Kier molecular flexibility index (Phi) is 4.77. The summed E-state index contributed by atoms with van der Waals surface area (Å²) in [6, 6.07) is 5.39. The van der Waals surface area contributed by atoms with Crippen molar-refractivity contribution in [1.29, 1.82) is 0 Å². The molecule has 1 aliphatic heterocycles. The summed E-state index contributed by atoms with van der Waals surface area (Å²) in [5.74, 6) is -0.202. The van der Waals surface area contributed by atoms with Crippen LogP contribution in [0.1, 0.15) is 17.3 Å². The third-order valence-electron chi connectivity index (χ3n) is 3.61. The summed E-state index contributed by atoms with van der Waals surface area (Å²) in [6.07, 6.45) is 0. The third-order valence-corrected chi connectivity index (χ3v) is 5.49. The molecule has 1 aromatic carbocycles. The number of piperazine rings is 1. The number of non-ortho nitro benzene ring substituents is 1. The van der Waals surface area contributed by atoms with E-state index in [1.54, 1.807) is 11.8 Å². The molecule has 1 saturated heterocycles. The number of nitro benzene ring substituents is 1. The van der Waals surface area contributed by atoms with Crippen molar-refractivity contribution >= 4 is 21.6 Å². The number of benzene rings is 1. The molecule has 2 rings (SSSR count). The fourth-order valence-corrected chi connectivity index (χ4v) is 3.35. The Morgan fingerprint density at radius 3 is 2.18 bits per heavy atom. The summed E-state index contributed by atoms with van der Waals surface area (Å²) < 4.78 is 24.9. The number of nitrogens with zero attached hydrogens (tertiary/aromatic N) is 3. The lowest BCUT2D eigenvalue weighted by Gasteiger charge is -2.33. The number of hydrogen-bond donors (Lipinski definition) is 0. The zero-order valence-corrected chi connectivity index (χ0v) is 13.0. The average molecular weight is 327 g/mol. The largest absolute Gasteiger partial charge is 0.336 e. The van der Waals surface area contributed by atoms with Gasteiger partial charge < -0.3 is 4.90 Å². The first-order chi connectivity index (χ1) is 10.3. The highest BCUT2D eigenvalue weighted by atomic mass is 32.2. The van der Waals surface area contributed by atoms with E-state index in [1.807, 2.05) is 0 Å². The van der Waals surface area contributed by atoms with E-state index in [4.69, 9.17) is 0 Å². The molecular weight excluding hydrogens is 310 g/mol. The van der Waals surface area contributed by atoms with Gasteiger partial charge >= 0.3 is 0 Å². The Balaban J connectivity index is 2.02. The molecule has 0 unspecified atom stereocenters. The molecule has 9 heteroatoms. The van der Waals surface area contributed by atoms with Gasteiger partial charge in [-0.2, -0.15) is 4.31 Å². The van der Waals surface area contributed by atoms with Gasteiger partial charge in [-0.25, -0.2) is 8.42 Å². The maximum absolute atomic E-state index is 12.3. The SMILES string of the molecule is CCS(=O)(=O)N1CCN(C(=O)c2ccc([N+](=O)[O-])cc2)CC1. The van der Waals surface area contributed by atoms with Gasteiger partial charge in [-0.05, 0) is 19.1 Å². The predicted octanol–water partition coefficient (Wildman–Crippen LogP) is 0.702. The molecule has 0 aliphatic carbocycles.